The van der Waals surface area contributed by atoms with E-state index in [1.165, 1.54) is 13.8 Å². The molecular weight excluding hydrogens is 636 g/mol. The molecule has 4 fully saturated rings. The molecule has 4 aliphatic rings. The Morgan fingerprint density at radius 1 is 0.957 bits per heavy atom. The minimum absolute atomic E-state index is 0.00500. The van der Waals surface area contributed by atoms with Gasteiger partial charge in [-0.15, -0.1) is 11.6 Å². The number of halogens is 1. The molecule has 1 N–H and O–H groups in total. The van der Waals surface area contributed by atoms with Crippen molar-refractivity contribution in [2.45, 2.75) is 135 Å². The maximum absolute atomic E-state index is 13.4. The van der Waals surface area contributed by atoms with E-state index < -0.39 is 94.2 Å². The average molecular weight is 685 g/mol. The molecule has 11 atom stereocenters. The fourth-order valence-corrected chi connectivity index (χ4v) is 8.21. The average Bonchev–Trinajstić information content (AvgIpc) is 3.69. The lowest BCUT2D eigenvalue weighted by atomic mass is 9.51. The van der Waals surface area contributed by atoms with Crippen LogP contribution in [0.15, 0.2) is 12.2 Å². The summed E-state index contributed by atoms with van der Waals surface area (Å²) >= 11 is 6.88. The third kappa shape index (κ3) is 6.92. The number of hydrogen-bond donors (Lipinski definition) is 1. The first kappa shape index (κ1) is 37.1. The van der Waals surface area contributed by atoms with Crippen LogP contribution in [-0.2, 0) is 52.4 Å². The molecule has 0 aromatic carbocycles. The zero-order valence-corrected chi connectivity index (χ0v) is 29.3. The smallest absolute Gasteiger partial charge is 0.312 e. The Morgan fingerprint density at radius 2 is 1.49 bits per heavy atom. The first-order valence-electron chi connectivity index (χ1n) is 16.4. The van der Waals surface area contributed by atoms with Gasteiger partial charge in [-0.1, -0.05) is 46.8 Å². The topological polar surface area (TPSA) is 164 Å². The standard InChI is InChI=1S/C34H49ClO12/c1-16(2)12-25(38)45-23-14-24(46-26(39)13-17(3)4)33(15-42-33)28-30(44-21(8)37)34(41)19(6)31(40)47-29(34)27(35)18(5)10-11-22(32(23,28)9)43-20(7)36/h16-17,19,22-24,27-30,41H,5,10-15H2,1-4,6-9H3/t19-,22-,23-,24+,27-,28+,29-,30-,32-,33+,34-/m0/s1. The van der Waals surface area contributed by atoms with Crippen LogP contribution in [0, 0.1) is 29.1 Å². The summed E-state index contributed by atoms with van der Waals surface area (Å²) in [6.45, 7) is 17.1. The number of epoxide rings is 1. The van der Waals surface area contributed by atoms with E-state index in [1.54, 1.807) is 6.92 Å². The number of aliphatic hydroxyl groups is 1. The number of alkyl halides is 1. The van der Waals surface area contributed by atoms with Gasteiger partial charge in [-0.25, -0.2) is 0 Å². The van der Waals surface area contributed by atoms with Crippen molar-refractivity contribution in [3.8, 4) is 0 Å². The van der Waals surface area contributed by atoms with Crippen LogP contribution in [0.25, 0.3) is 0 Å². The number of carbonyl (C=O) groups is 5. The molecule has 0 radical (unpaired) electrons. The van der Waals surface area contributed by atoms with Crippen molar-refractivity contribution in [2.24, 2.45) is 29.1 Å². The normalized spacial score (nSPS) is 39.8. The van der Waals surface area contributed by atoms with Gasteiger partial charge in [0, 0.05) is 39.0 Å². The summed E-state index contributed by atoms with van der Waals surface area (Å²) in [6.07, 6.45) is -5.71. The summed E-state index contributed by atoms with van der Waals surface area (Å²) in [6, 6.07) is 0. The highest BCUT2D eigenvalue weighted by molar-refractivity contribution is 6.23. The van der Waals surface area contributed by atoms with E-state index >= 15 is 0 Å². The van der Waals surface area contributed by atoms with Gasteiger partial charge in [0.1, 0.15) is 30.0 Å². The van der Waals surface area contributed by atoms with E-state index in [2.05, 4.69) is 6.58 Å². The number of ether oxygens (including phenoxy) is 6. The Balaban J connectivity index is 2.03. The summed E-state index contributed by atoms with van der Waals surface area (Å²) in [5.41, 5.74) is -4.72. The third-order valence-corrected chi connectivity index (χ3v) is 10.8. The third-order valence-electron chi connectivity index (χ3n) is 10.2. The van der Waals surface area contributed by atoms with Crippen molar-refractivity contribution in [1.82, 2.24) is 0 Å². The van der Waals surface area contributed by atoms with Crippen LogP contribution in [0.2, 0.25) is 0 Å². The van der Waals surface area contributed by atoms with Gasteiger partial charge in [0.15, 0.2) is 11.7 Å². The quantitative estimate of drug-likeness (QED) is 0.129. The summed E-state index contributed by atoms with van der Waals surface area (Å²) in [5, 5.41) is 11.7. The number of fused-ring (bicyclic) bond motifs is 3. The van der Waals surface area contributed by atoms with Crippen LogP contribution in [0.3, 0.4) is 0 Å². The highest BCUT2D eigenvalue weighted by Crippen LogP contribution is 2.63. The minimum atomic E-state index is -2.27. The highest BCUT2D eigenvalue weighted by Gasteiger charge is 2.78. The molecule has 2 aliphatic heterocycles. The molecule has 0 unspecified atom stereocenters. The van der Waals surface area contributed by atoms with Crippen LogP contribution >= 0.6 is 11.6 Å². The lowest BCUT2D eigenvalue weighted by molar-refractivity contribution is -0.260. The van der Waals surface area contributed by atoms with Crippen molar-refractivity contribution in [3.05, 3.63) is 12.2 Å². The van der Waals surface area contributed by atoms with Gasteiger partial charge in [0.25, 0.3) is 0 Å². The van der Waals surface area contributed by atoms with Crippen molar-refractivity contribution < 1.29 is 57.5 Å². The molecule has 0 aromatic heterocycles. The molecule has 4 rings (SSSR count). The van der Waals surface area contributed by atoms with E-state index in [1.807, 2.05) is 27.7 Å². The highest BCUT2D eigenvalue weighted by atomic mass is 35.5. The summed E-state index contributed by atoms with van der Waals surface area (Å²) < 4.78 is 36.2. The van der Waals surface area contributed by atoms with Crippen molar-refractivity contribution in [2.75, 3.05) is 6.61 Å². The van der Waals surface area contributed by atoms with Crippen LogP contribution in [0.4, 0.5) is 0 Å². The molecule has 13 heteroatoms. The van der Waals surface area contributed by atoms with E-state index in [9.17, 15) is 29.1 Å². The largest absolute Gasteiger partial charge is 0.462 e. The molecule has 0 amide bonds. The van der Waals surface area contributed by atoms with Crippen LogP contribution in [0.1, 0.15) is 87.5 Å². The predicted molar refractivity (Wildman–Crippen MR) is 167 cm³/mol. The summed E-state index contributed by atoms with van der Waals surface area (Å²) in [7, 11) is 0. The van der Waals surface area contributed by atoms with Gasteiger partial charge in [0.05, 0.1) is 23.3 Å². The Kier molecular flexibility index (Phi) is 10.8. The van der Waals surface area contributed by atoms with Gasteiger partial charge < -0.3 is 33.5 Å². The van der Waals surface area contributed by atoms with E-state index in [0.29, 0.717) is 5.57 Å². The molecular formula is C34H49ClO12. The van der Waals surface area contributed by atoms with Crippen LogP contribution < -0.4 is 0 Å². The fraction of sp³-hybridized carbons (Fsp3) is 0.794. The molecule has 2 saturated heterocycles. The van der Waals surface area contributed by atoms with Crippen molar-refractivity contribution >= 4 is 41.4 Å². The molecule has 2 heterocycles. The SMILES string of the molecule is C=C1CC[C@H](OC(C)=O)[C@@]2(C)[C@@H](OC(=O)CC(C)C)C[C@@H](OC(=O)CC(C)C)[C@]3(CO3)[C@@H]2[C@H](OC(C)=O)[C@]2(O)[C@@H](C)C(=O)O[C@H]2[C@H]1Cl. The second-order valence-corrected chi connectivity index (χ2v) is 15.1. The Labute approximate surface area is 281 Å². The van der Waals surface area contributed by atoms with E-state index in [-0.39, 0.29) is 50.5 Å². The van der Waals surface area contributed by atoms with Gasteiger partial charge in [-0.3, -0.25) is 24.0 Å². The monoisotopic (exact) mass is 684 g/mol. The molecule has 12 nitrogen and oxygen atoms in total. The first-order valence-corrected chi connectivity index (χ1v) is 16.8. The molecule has 47 heavy (non-hydrogen) atoms. The van der Waals surface area contributed by atoms with Gasteiger partial charge in [-0.05, 0) is 31.6 Å². The molecule has 0 bridgehead atoms. The lowest BCUT2D eigenvalue weighted by Gasteiger charge is -2.58. The predicted octanol–water partition coefficient (Wildman–Crippen LogP) is 3.81. The van der Waals surface area contributed by atoms with E-state index in [4.69, 9.17) is 40.0 Å². The number of rotatable bonds is 8. The van der Waals surface area contributed by atoms with Gasteiger partial charge >= 0.3 is 29.8 Å². The van der Waals surface area contributed by atoms with E-state index in [0.717, 1.165) is 6.92 Å². The van der Waals surface area contributed by atoms with Crippen molar-refractivity contribution in [3.63, 3.8) is 0 Å². The molecule has 2 aliphatic carbocycles. The molecule has 0 aromatic rings. The summed E-state index contributed by atoms with van der Waals surface area (Å²) in [4.78, 5) is 65.5. The first-order chi connectivity index (χ1) is 21.8. The maximum atomic E-state index is 13.4. The lowest BCUT2D eigenvalue weighted by Crippen LogP contribution is -2.72. The second-order valence-electron chi connectivity index (χ2n) is 14.7. The Hall–Kier alpha value is -2.70. The molecule has 264 valence electrons. The molecule has 1 spiro atoms. The molecule has 2 saturated carbocycles. The Morgan fingerprint density at radius 3 is 1.98 bits per heavy atom. The maximum Gasteiger partial charge on any atom is 0.312 e. The number of hydrogen-bond acceptors (Lipinski definition) is 12. The summed E-state index contributed by atoms with van der Waals surface area (Å²) in [5.74, 6) is -5.77. The van der Waals surface area contributed by atoms with Crippen LogP contribution in [-0.4, -0.2) is 88.7 Å². The number of esters is 5. The zero-order chi connectivity index (χ0) is 35.2. The minimum Gasteiger partial charge on any atom is -0.462 e. The zero-order valence-electron chi connectivity index (χ0n) is 28.5. The van der Waals surface area contributed by atoms with Crippen LogP contribution in [0.5, 0.6) is 0 Å². The number of carbonyl (C=O) groups excluding carboxylic acids is 5. The van der Waals surface area contributed by atoms with Gasteiger partial charge in [0.2, 0.25) is 0 Å². The second kappa shape index (κ2) is 13.7. The van der Waals surface area contributed by atoms with Gasteiger partial charge in [-0.2, -0.15) is 0 Å². The Bertz CT molecular complexity index is 1280. The van der Waals surface area contributed by atoms with Crippen molar-refractivity contribution in [1.29, 1.82) is 0 Å². The fourth-order valence-electron chi connectivity index (χ4n) is 7.85.